The van der Waals surface area contributed by atoms with Crippen molar-refractivity contribution in [2.75, 3.05) is 37.7 Å². The number of hydrogen-bond donors (Lipinski definition) is 2. The maximum absolute atomic E-state index is 12.0. The van der Waals surface area contributed by atoms with E-state index in [0.717, 1.165) is 18.8 Å². The normalized spacial score (nSPS) is 18.9. The average Bonchev–Trinajstić information content (AvgIpc) is 2.37. The summed E-state index contributed by atoms with van der Waals surface area (Å²) in [7, 11) is -3.13. The Morgan fingerprint density at radius 3 is 2.65 bits per heavy atom. The molecule has 1 heterocycles. The zero-order chi connectivity index (χ0) is 15.2. The van der Waals surface area contributed by atoms with Crippen LogP contribution in [0.1, 0.15) is 27.2 Å². The van der Waals surface area contributed by atoms with Gasteiger partial charge < -0.3 is 10.2 Å². The first-order valence-corrected chi connectivity index (χ1v) is 9.53. The van der Waals surface area contributed by atoms with Crippen molar-refractivity contribution in [3.63, 3.8) is 0 Å². The Morgan fingerprint density at radius 2 is 2.05 bits per heavy atom. The SMILES string of the molecule is CCS(=O)(=O)NCCCNC(=O)N1CCSC(C)(C)C1. The second-order valence-electron chi connectivity index (χ2n) is 5.41. The molecule has 20 heavy (non-hydrogen) atoms. The van der Waals surface area contributed by atoms with Gasteiger partial charge in [-0.1, -0.05) is 0 Å². The van der Waals surface area contributed by atoms with Crippen LogP contribution in [-0.4, -0.2) is 61.8 Å². The Morgan fingerprint density at radius 1 is 1.35 bits per heavy atom. The highest BCUT2D eigenvalue weighted by atomic mass is 32.2. The van der Waals surface area contributed by atoms with Gasteiger partial charge in [0, 0.05) is 36.7 Å². The van der Waals surface area contributed by atoms with Crippen LogP contribution < -0.4 is 10.0 Å². The molecule has 0 aromatic rings. The van der Waals surface area contributed by atoms with Gasteiger partial charge in [0.15, 0.2) is 0 Å². The van der Waals surface area contributed by atoms with Crippen LogP contribution in [0.3, 0.4) is 0 Å². The Kier molecular flexibility index (Phi) is 6.60. The second kappa shape index (κ2) is 7.51. The maximum atomic E-state index is 12.0. The lowest BCUT2D eigenvalue weighted by atomic mass is 10.2. The van der Waals surface area contributed by atoms with Crippen LogP contribution in [0.25, 0.3) is 0 Å². The standard InChI is InChI=1S/C12H25N3O3S2/c1-4-20(17,18)14-7-5-6-13-11(16)15-8-9-19-12(2,3)10-15/h14H,4-10H2,1-3H3,(H,13,16). The summed E-state index contributed by atoms with van der Waals surface area (Å²) in [5, 5.41) is 2.84. The first-order valence-electron chi connectivity index (χ1n) is 6.90. The molecule has 0 aromatic heterocycles. The molecule has 1 fully saturated rings. The van der Waals surface area contributed by atoms with Crippen molar-refractivity contribution in [2.45, 2.75) is 31.9 Å². The third-order valence-corrected chi connectivity index (χ3v) is 5.75. The number of nitrogens with zero attached hydrogens (tertiary/aromatic N) is 1. The monoisotopic (exact) mass is 323 g/mol. The zero-order valence-corrected chi connectivity index (χ0v) is 14.1. The van der Waals surface area contributed by atoms with Gasteiger partial charge in [0.25, 0.3) is 0 Å². The van der Waals surface area contributed by atoms with Crippen LogP contribution in [0.15, 0.2) is 0 Å². The number of thioether (sulfide) groups is 1. The number of urea groups is 1. The van der Waals surface area contributed by atoms with Gasteiger partial charge in [-0.25, -0.2) is 17.9 Å². The molecule has 0 bridgehead atoms. The first kappa shape index (κ1) is 17.6. The summed E-state index contributed by atoms with van der Waals surface area (Å²) in [6.45, 7) is 8.22. The highest BCUT2D eigenvalue weighted by Gasteiger charge is 2.29. The number of sulfonamides is 1. The Balaban J connectivity index is 2.20. The molecular formula is C12H25N3O3S2. The molecule has 1 rings (SSSR count). The lowest BCUT2D eigenvalue weighted by Crippen LogP contribution is -2.50. The number of nitrogens with one attached hydrogen (secondary N) is 2. The smallest absolute Gasteiger partial charge is 0.317 e. The molecule has 1 aliphatic rings. The first-order chi connectivity index (χ1) is 9.26. The molecule has 8 heteroatoms. The zero-order valence-electron chi connectivity index (χ0n) is 12.4. The third kappa shape index (κ3) is 6.32. The number of carbonyl (C=O) groups is 1. The Labute approximate surface area is 126 Å². The minimum atomic E-state index is -3.13. The Bertz CT molecular complexity index is 424. The van der Waals surface area contributed by atoms with E-state index in [4.69, 9.17) is 0 Å². The van der Waals surface area contributed by atoms with Crippen LogP contribution in [0.2, 0.25) is 0 Å². The highest BCUT2D eigenvalue weighted by molar-refractivity contribution is 8.00. The van der Waals surface area contributed by atoms with Crippen LogP contribution in [0, 0.1) is 0 Å². The van der Waals surface area contributed by atoms with Crippen molar-refractivity contribution in [3.05, 3.63) is 0 Å². The molecule has 0 saturated carbocycles. The number of rotatable bonds is 6. The average molecular weight is 323 g/mol. The number of amides is 2. The molecule has 0 aliphatic carbocycles. The van der Waals surface area contributed by atoms with Gasteiger partial charge in [0.2, 0.25) is 10.0 Å². The molecule has 0 atom stereocenters. The molecular weight excluding hydrogens is 298 g/mol. The second-order valence-corrected chi connectivity index (χ2v) is 9.31. The van der Waals surface area contributed by atoms with Gasteiger partial charge in [0.05, 0.1) is 5.75 Å². The largest absolute Gasteiger partial charge is 0.338 e. The van der Waals surface area contributed by atoms with Gasteiger partial charge in [-0.15, -0.1) is 0 Å². The summed E-state index contributed by atoms with van der Waals surface area (Å²) in [4.78, 5) is 13.8. The van der Waals surface area contributed by atoms with Crippen LogP contribution in [0.4, 0.5) is 4.79 Å². The van der Waals surface area contributed by atoms with E-state index in [1.54, 1.807) is 6.92 Å². The molecule has 118 valence electrons. The third-order valence-electron chi connectivity index (χ3n) is 3.04. The fourth-order valence-electron chi connectivity index (χ4n) is 1.92. The summed E-state index contributed by atoms with van der Waals surface area (Å²) < 4.78 is 25.0. The van der Waals surface area contributed by atoms with Crippen molar-refractivity contribution in [1.29, 1.82) is 0 Å². The topological polar surface area (TPSA) is 78.5 Å². The maximum Gasteiger partial charge on any atom is 0.317 e. The van der Waals surface area contributed by atoms with Crippen molar-refractivity contribution in [3.8, 4) is 0 Å². The van der Waals surface area contributed by atoms with Crippen LogP contribution in [0.5, 0.6) is 0 Å². The van der Waals surface area contributed by atoms with Gasteiger partial charge in [-0.2, -0.15) is 11.8 Å². The van der Waals surface area contributed by atoms with E-state index in [1.807, 2.05) is 16.7 Å². The summed E-state index contributed by atoms with van der Waals surface area (Å²) in [6, 6.07) is -0.0586. The highest BCUT2D eigenvalue weighted by Crippen LogP contribution is 2.29. The van der Waals surface area contributed by atoms with Crippen molar-refractivity contribution in [1.82, 2.24) is 14.9 Å². The number of hydrogen-bond acceptors (Lipinski definition) is 4. The fraction of sp³-hybridized carbons (Fsp3) is 0.917. The molecule has 2 N–H and O–H groups in total. The lowest BCUT2D eigenvalue weighted by Gasteiger charge is -2.37. The minimum Gasteiger partial charge on any atom is -0.338 e. The molecule has 1 aliphatic heterocycles. The molecule has 2 amide bonds. The van der Waals surface area contributed by atoms with Gasteiger partial charge in [-0.3, -0.25) is 0 Å². The van der Waals surface area contributed by atoms with E-state index >= 15 is 0 Å². The number of carbonyl (C=O) groups excluding carboxylic acids is 1. The van der Waals surface area contributed by atoms with Gasteiger partial charge >= 0.3 is 6.03 Å². The molecule has 0 unspecified atom stereocenters. The van der Waals surface area contributed by atoms with Crippen molar-refractivity contribution >= 4 is 27.8 Å². The van der Waals surface area contributed by atoms with E-state index in [2.05, 4.69) is 23.9 Å². The van der Waals surface area contributed by atoms with E-state index in [0.29, 0.717) is 19.5 Å². The van der Waals surface area contributed by atoms with Crippen molar-refractivity contribution in [2.24, 2.45) is 0 Å². The van der Waals surface area contributed by atoms with E-state index in [9.17, 15) is 13.2 Å². The predicted molar refractivity (Wildman–Crippen MR) is 83.6 cm³/mol. The quantitative estimate of drug-likeness (QED) is 0.711. The van der Waals surface area contributed by atoms with Crippen LogP contribution >= 0.6 is 11.8 Å². The molecule has 0 aromatic carbocycles. The van der Waals surface area contributed by atoms with Crippen molar-refractivity contribution < 1.29 is 13.2 Å². The molecule has 0 radical (unpaired) electrons. The van der Waals surface area contributed by atoms with Gasteiger partial charge in [-0.05, 0) is 27.2 Å². The van der Waals surface area contributed by atoms with Crippen LogP contribution in [-0.2, 0) is 10.0 Å². The predicted octanol–water partition coefficient (Wildman–Crippen LogP) is 0.853. The minimum absolute atomic E-state index is 0.0586. The van der Waals surface area contributed by atoms with E-state index in [-0.39, 0.29) is 16.5 Å². The molecule has 0 spiro atoms. The van der Waals surface area contributed by atoms with E-state index in [1.165, 1.54) is 0 Å². The fourth-order valence-corrected chi connectivity index (χ4v) is 3.69. The van der Waals surface area contributed by atoms with E-state index < -0.39 is 10.0 Å². The summed E-state index contributed by atoms with van der Waals surface area (Å²) in [6.07, 6.45) is 0.594. The lowest BCUT2D eigenvalue weighted by molar-refractivity contribution is 0.195. The molecule has 1 saturated heterocycles. The summed E-state index contributed by atoms with van der Waals surface area (Å²) >= 11 is 1.88. The Hall–Kier alpha value is -0.470. The van der Waals surface area contributed by atoms with Gasteiger partial charge in [0.1, 0.15) is 0 Å². The molecule has 6 nitrogen and oxygen atoms in total. The summed E-state index contributed by atoms with van der Waals surface area (Å²) in [5.74, 6) is 1.04. The summed E-state index contributed by atoms with van der Waals surface area (Å²) in [5.41, 5.74) is 0.